The Hall–Kier alpha value is -1.34. The third kappa shape index (κ3) is 2.50. The first-order valence-electron chi connectivity index (χ1n) is 6.26. The predicted molar refractivity (Wildman–Crippen MR) is 72.9 cm³/mol. The minimum absolute atomic E-state index is 0.226. The van der Waals surface area contributed by atoms with E-state index in [4.69, 9.17) is 4.74 Å². The summed E-state index contributed by atoms with van der Waals surface area (Å²) in [5.74, 6) is 0. The van der Waals surface area contributed by atoms with Crippen molar-refractivity contribution in [1.82, 2.24) is 0 Å². The van der Waals surface area contributed by atoms with Crippen molar-refractivity contribution >= 4 is 6.08 Å². The number of hydrogen-bond donors (Lipinski definition) is 0. The number of benzene rings is 1. The van der Waals surface area contributed by atoms with E-state index in [9.17, 15) is 0 Å². The zero-order valence-corrected chi connectivity index (χ0v) is 10.6. The lowest BCUT2D eigenvalue weighted by atomic mass is 9.96. The molecule has 1 saturated heterocycles. The Morgan fingerprint density at radius 2 is 2.18 bits per heavy atom. The van der Waals surface area contributed by atoms with Crippen LogP contribution in [-0.4, -0.2) is 6.10 Å². The van der Waals surface area contributed by atoms with Crippen molar-refractivity contribution in [3.63, 3.8) is 0 Å². The maximum atomic E-state index is 6.05. The lowest BCUT2D eigenvalue weighted by Gasteiger charge is -2.16. The summed E-state index contributed by atoms with van der Waals surface area (Å²) >= 11 is 0. The molecule has 0 aromatic heterocycles. The highest BCUT2D eigenvalue weighted by molar-refractivity contribution is 5.57. The molecule has 0 saturated carbocycles. The first-order chi connectivity index (χ1) is 8.26. The molecule has 0 radical (unpaired) electrons. The summed E-state index contributed by atoms with van der Waals surface area (Å²) in [7, 11) is 0. The summed E-state index contributed by atoms with van der Waals surface area (Å²) in [5.41, 5.74) is 3.79. The smallest absolute Gasteiger partial charge is 0.0840 e. The fourth-order valence-electron chi connectivity index (χ4n) is 2.51. The molecule has 1 aromatic rings. The van der Waals surface area contributed by atoms with Gasteiger partial charge in [0.1, 0.15) is 0 Å². The summed E-state index contributed by atoms with van der Waals surface area (Å²) in [5, 5.41) is 0. The zero-order valence-electron chi connectivity index (χ0n) is 10.6. The maximum Gasteiger partial charge on any atom is 0.0840 e. The molecule has 0 aliphatic carbocycles. The topological polar surface area (TPSA) is 9.23 Å². The third-order valence-corrected chi connectivity index (χ3v) is 3.37. The molecule has 1 heteroatoms. The number of aryl methyl sites for hydroxylation is 1. The molecule has 2 unspecified atom stereocenters. The minimum Gasteiger partial charge on any atom is -0.366 e. The van der Waals surface area contributed by atoms with Crippen LogP contribution in [0.15, 0.2) is 36.9 Å². The molecule has 0 N–H and O–H groups in total. The lowest BCUT2D eigenvalue weighted by molar-refractivity contribution is 0.0709. The molecule has 90 valence electrons. The second-order valence-corrected chi connectivity index (χ2v) is 4.55. The number of hydrogen-bond acceptors (Lipinski definition) is 1. The summed E-state index contributed by atoms with van der Waals surface area (Å²) < 4.78 is 6.05. The van der Waals surface area contributed by atoms with Crippen LogP contribution in [0.25, 0.3) is 6.08 Å². The van der Waals surface area contributed by atoms with Gasteiger partial charge in [-0.1, -0.05) is 43.0 Å². The Bertz CT molecular complexity index is 431. The fourth-order valence-corrected chi connectivity index (χ4v) is 2.51. The Balaban J connectivity index is 2.24. The first kappa shape index (κ1) is 12.1. The van der Waals surface area contributed by atoms with E-state index >= 15 is 0 Å². The van der Waals surface area contributed by atoms with Crippen LogP contribution in [0.5, 0.6) is 0 Å². The van der Waals surface area contributed by atoms with Crippen molar-refractivity contribution in [2.45, 2.75) is 38.9 Å². The van der Waals surface area contributed by atoms with Gasteiger partial charge in [0.05, 0.1) is 12.2 Å². The molecular weight excluding hydrogens is 208 g/mol. The average Bonchev–Trinajstić information content (AvgIpc) is 2.78. The summed E-state index contributed by atoms with van der Waals surface area (Å²) in [6, 6.07) is 6.38. The van der Waals surface area contributed by atoms with Crippen LogP contribution < -0.4 is 0 Å². The number of rotatable bonds is 3. The van der Waals surface area contributed by atoms with Gasteiger partial charge < -0.3 is 4.74 Å². The van der Waals surface area contributed by atoms with E-state index in [0.717, 1.165) is 12.8 Å². The molecule has 1 fully saturated rings. The molecule has 1 heterocycles. The van der Waals surface area contributed by atoms with Crippen LogP contribution >= 0.6 is 0 Å². The van der Waals surface area contributed by atoms with Crippen LogP contribution in [0, 0.1) is 6.92 Å². The van der Waals surface area contributed by atoms with Gasteiger partial charge in [-0.05, 0) is 43.4 Å². The van der Waals surface area contributed by atoms with E-state index in [1.165, 1.54) is 16.7 Å². The van der Waals surface area contributed by atoms with Crippen LogP contribution in [0.3, 0.4) is 0 Å². The van der Waals surface area contributed by atoms with Gasteiger partial charge >= 0.3 is 0 Å². The van der Waals surface area contributed by atoms with Gasteiger partial charge in [-0.3, -0.25) is 0 Å². The van der Waals surface area contributed by atoms with Gasteiger partial charge in [0.25, 0.3) is 0 Å². The molecule has 0 spiro atoms. The molecule has 1 aliphatic heterocycles. The van der Waals surface area contributed by atoms with Gasteiger partial charge in [-0.2, -0.15) is 0 Å². The average molecular weight is 228 g/mol. The largest absolute Gasteiger partial charge is 0.366 e. The highest BCUT2D eigenvalue weighted by Crippen LogP contribution is 2.36. The fraction of sp³-hybridized carbons (Fsp3) is 0.375. The quantitative estimate of drug-likeness (QED) is 0.695. The molecule has 2 atom stereocenters. The molecule has 0 amide bonds. The van der Waals surface area contributed by atoms with Gasteiger partial charge in [-0.15, -0.1) is 0 Å². The van der Waals surface area contributed by atoms with Crippen LogP contribution in [0.1, 0.15) is 42.6 Å². The monoisotopic (exact) mass is 228 g/mol. The zero-order chi connectivity index (χ0) is 12.3. The summed E-state index contributed by atoms with van der Waals surface area (Å²) in [6.45, 7) is 8.07. The van der Waals surface area contributed by atoms with Crippen molar-refractivity contribution in [2.24, 2.45) is 0 Å². The molecule has 1 aliphatic rings. The Morgan fingerprint density at radius 1 is 1.35 bits per heavy atom. The standard InChI is InChI=1S/C16H20O/c1-4-7-13-10-11-16(17-13)15-9-6-8-12(3)14(15)5-2/h4-9,13,16H,2,10-11H2,1,3H3/b7-4+. The molecule has 2 rings (SSSR count). The second-order valence-electron chi connectivity index (χ2n) is 4.55. The van der Waals surface area contributed by atoms with Gasteiger partial charge in [-0.25, -0.2) is 0 Å². The van der Waals surface area contributed by atoms with E-state index < -0.39 is 0 Å². The number of ether oxygens (including phenoxy) is 1. The van der Waals surface area contributed by atoms with Crippen molar-refractivity contribution in [3.8, 4) is 0 Å². The Kier molecular flexibility index (Phi) is 3.80. The van der Waals surface area contributed by atoms with Gasteiger partial charge in [0.15, 0.2) is 0 Å². The molecule has 0 bridgehead atoms. The second kappa shape index (κ2) is 5.33. The molecule has 1 nitrogen and oxygen atoms in total. The Morgan fingerprint density at radius 3 is 2.88 bits per heavy atom. The highest BCUT2D eigenvalue weighted by Gasteiger charge is 2.26. The normalized spacial score (nSPS) is 24.4. The van der Waals surface area contributed by atoms with Crippen LogP contribution in [0.2, 0.25) is 0 Å². The van der Waals surface area contributed by atoms with E-state index in [1.54, 1.807) is 0 Å². The summed E-state index contributed by atoms with van der Waals surface area (Å²) in [6.07, 6.45) is 8.86. The lowest BCUT2D eigenvalue weighted by Crippen LogP contribution is -2.04. The van der Waals surface area contributed by atoms with Crippen molar-refractivity contribution in [2.75, 3.05) is 0 Å². The van der Waals surface area contributed by atoms with Crippen molar-refractivity contribution in [3.05, 3.63) is 53.6 Å². The van der Waals surface area contributed by atoms with Crippen molar-refractivity contribution in [1.29, 1.82) is 0 Å². The Labute approximate surface area is 104 Å². The molecular formula is C16H20O. The minimum atomic E-state index is 0.226. The first-order valence-corrected chi connectivity index (χ1v) is 6.26. The SMILES string of the molecule is C=Cc1c(C)cccc1C1CCC(/C=C/C)O1. The third-order valence-electron chi connectivity index (χ3n) is 3.37. The highest BCUT2D eigenvalue weighted by atomic mass is 16.5. The summed E-state index contributed by atoms with van der Waals surface area (Å²) in [4.78, 5) is 0. The van der Waals surface area contributed by atoms with E-state index in [2.05, 4.69) is 43.9 Å². The van der Waals surface area contributed by atoms with Gasteiger partial charge in [0, 0.05) is 0 Å². The van der Waals surface area contributed by atoms with Crippen LogP contribution in [0.4, 0.5) is 0 Å². The molecule has 1 aromatic carbocycles. The van der Waals surface area contributed by atoms with Crippen molar-refractivity contribution < 1.29 is 4.74 Å². The van der Waals surface area contributed by atoms with E-state index in [0.29, 0.717) is 0 Å². The van der Waals surface area contributed by atoms with Gasteiger partial charge in [0.2, 0.25) is 0 Å². The van der Waals surface area contributed by atoms with E-state index in [1.807, 2.05) is 13.0 Å². The van der Waals surface area contributed by atoms with E-state index in [-0.39, 0.29) is 12.2 Å². The van der Waals surface area contributed by atoms with Crippen LogP contribution in [-0.2, 0) is 4.74 Å². The number of allylic oxidation sites excluding steroid dienone is 1. The predicted octanol–water partition coefficient (Wildman–Crippen LogP) is 4.43. The maximum absolute atomic E-state index is 6.05. The molecule has 17 heavy (non-hydrogen) atoms.